The van der Waals surface area contributed by atoms with Gasteiger partial charge in [-0.1, -0.05) is 122 Å². The fraction of sp³-hybridized carbons (Fsp3) is 0.793. The first-order chi connectivity index (χ1) is 17.1. The molecule has 1 aromatic rings. The molecule has 0 aliphatic rings. The van der Waals surface area contributed by atoms with Crippen molar-refractivity contribution in [2.45, 2.75) is 129 Å². The lowest BCUT2D eigenvalue weighted by molar-refractivity contribution is 0.203. The van der Waals surface area contributed by atoms with Crippen LogP contribution in [0.25, 0.3) is 0 Å². The Hall–Kier alpha value is -0.870. The average molecular weight is 512 g/mol. The Bertz CT molecular complexity index is 638. The number of phosphoric acid groups is 1. The zero-order valence-electron chi connectivity index (χ0n) is 22.8. The van der Waals surface area contributed by atoms with Crippen LogP contribution in [0, 0.1) is 0 Å². The maximum Gasteiger partial charge on any atom is 0.527 e. The van der Waals surface area contributed by atoms with Gasteiger partial charge in [0.1, 0.15) is 5.75 Å². The Labute approximate surface area is 216 Å². The highest BCUT2D eigenvalue weighted by Gasteiger charge is 2.22. The first kappa shape index (κ1) is 32.2. The molecule has 0 saturated heterocycles. The normalized spacial score (nSPS) is 13.1. The standard InChI is InChI=1S/C29H54NO4P/c1-3-5-7-9-11-12-13-15-17-19-25-30-26-27-33-35(31,32)34-29-23-21-28(22-24-29)20-18-16-14-10-8-6-4-2/h21-24,30H,3-20,25-27H2,1-2H3,(H,31,32). The maximum absolute atomic E-state index is 12.2. The molecule has 204 valence electrons. The molecular weight excluding hydrogens is 457 g/mol. The van der Waals surface area contributed by atoms with E-state index in [0.29, 0.717) is 12.3 Å². The zero-order chi connectivity index (χ0) is 25.5. The number of benzene rings is 1. The molecule has 35 heavy (non-hydrogen) atoms. The summed E-state index contributed by atoms with van der Waals surface area (Å²) in [6, 6.07) is 7.46. The van der Waals surface area contributed by atoms with Crippen LogP contribution in [-0.2, 0) is 15.5 Å². The van der Waals surface area contributed by atoms with E-state index in [9.17, 15) is 9.46 Å². The molecule has 0 fully saturated rings. The van der Waals surface area contributed by atoms with Gasteiger partial charge in [0.05, 0.1) is 6.61 Å². The number of hydrogen-bond donors (Lipinski definition) is 2. The van der Waals surface area contributed by atoms with Crippen molar-refractivity contribution in [3.63, 3.8) is 0 Å². The highest BCUT2D eigenvalue weighted by molar-refractivity contribution is 7.47. The van der Waals surface area contributed by atoms with E-state index < -0.39 is 7.82 Å². The van der Waals surface area contributed by atoms with Gasteiger partial charge in [-0.3, -0.25) is 9.42 Å². The second-order valence-electron chi connectivity index (χ2n) is 9.84. The summed E-state index contributed by atoms with van der Waals surface area (Å²) in [5.74, 6) is 0.373. The number of phosphoric ester groups is 1. The number of rotatable bonds is 25. The van der Waals surface area contributed by atoms with Crippen molar-refractivity contribution < 1.29 is 18.5 Å². The number of nitrogens with one attached hydrogen (secondary N) is 1. The summed E-state index contributed by atoms with van der Waals surface area (Å²) in [5, 5.41) is 3.28. The van der Waals surface area contributed by atoms with Crippen LogP contribution in [-0.4, -0.2) is 24.6 Å². The van der Waals surface area contributed by atoms with Crippen molar-refractivity contribution in [2.75, 3.05) is 19.7 Å². The third-order valence-corrected chi connectivity index (χ3v) is 7.40. The minimum absolute atomic E-state index is 0.155. The average Bonchev–Trinajstić information content (AvgIpc) is 2.84. The minimum atomic E-state index is -4.09. The molecule has 0 heterocycles. The van der Waals surface area contributed by atoms with Crippen molar-refractivity contribution >= 4 is 7.82 Å². The molecular formula is C29H54NO4P. The van der Waals surface area contributed by atoms with Crippen LogP contribution in [0.4, 0.5) is 0 Å². The Morgan fingerprint density at radius 2 is 1.17 bits per heavy atom. The molecule has 2 N–H and O–H groups in total. The van der Waals surface area contributed by atoms with Crippen LogP contribution in [0.15, 0.2) is 24.3 Å². The lowest BCUT2D eigenvalue weighted by atomic mass is 10.0. The summed E-state index contributed by atoms with van der Waals surface area (Å²) in [4.78, 5) is 9.97. The molecule has 5 nitrogen and oxygen atoms in total. The van der Waals surface area contributed by atoms with Crippen LogP contribution in [0.1, 0.15) is 129 Å². The van der Waals surface area contributed by atoms with Crippen LogP contribution >= 0.6 is 7.82 Å². The molecule has 1 rings (SSSR count). The van der Waals surface area contributed by atoms with Gasteiger partial charge in [-0.05, 0) is 43.5 Å². The Morgan fingerprint density at radius 1 is 0.686 bits per heavy atom. The molecule has 1 aromatic carbocycles. The van der Waals surface area contributed by atoms with Crippen molar-refractivity contribution in [2.24, 2.45) is 0 Å². The summed E-state index contributed by atoms with van der Waals surface area (Å²) in [6.45, 7) is 6.11. The van der Waals surface area contributed by atoms with E-state index in [1.54, 1.807) is 12.1 Å². The first-order valence-electron chi connectivity index (χ1n) is 14.5. The fourth-order valence-corrected chi connectivity index (χ4v) is 5.02. The summed E-state index contributed by atoms with van der Waals surface area (Å²) < 4.78 is 22.5. The second-order valence-corrected chi connectivity index (χ2v) is 11.2. The van der Waals surface area contributed by atoms with Gasteiger partial charge in [-0.15, -0.1) is 0 Å². The quantitative estimate of drug-likeness (QED) is 0.101. The highest BCUT2D eigenvalue weighted by Crippen LogP contribution is 2.43. The van der Waals surface area contributed by atoms with E-state index in [4.69, 9.17) is 9.05 Å². The third-order valence-electron chi connectivity index (χ3n) is 6.45. The molecule has 0 bridgehead atoms. The molecule has 0 aromatic heterocycles. The van der Waals surface area contributed by atoms with E-state index in [0.717, 1.165) is 19.4 Å². The molecule has 0 radical (unpaired) electrons. The molecule has 0 aliphatic heterocycles. The van der Waals surface area contributed by atoms with Crippen molar-refractivity contribution in [1.82, 2.24) is 5.32 Å². The van der Waals surface area contributed by atoms with Gasteiger partial charge >= 0.3 is 7.82 Å². The molecule has 1 unspecified atom stereocenters. The van der Waals surface area contributed by atoms with Crippen LogP contribution < -0.4 is 9.84 Å². The minimum Gasteiger partial charge on any atom is -0.404 e. The smallest absolute Gasteiger partial charge is 0.404 e. The lowest BCUT2D eigenvalue weighted by Crippen LogP contribution is -2.20. The zero-order valence-corrected chi connectivity index (χ0v) is 23.7. The van der Waals surface area contributed by atoms with Gasteiger partial charge in [-0.2, -0.15) is 0 Å². The summed E-state index contributed by atoms with van der Waals surface area (Å²) in [6.07, 6.45) is 23.3. The van der Waals surface area contributed by atoms with Gasteiger partial charge in [0, 0.05) is 6.54 Å². The lowest BCUT2D eigenvalue weighted by Gasteiger charge is -2.13. The Balaban J connectivity index is 2.01. The van der Waals surface area contributed by atoms with Crippen LogP contribution in [0.3, 0.4) is 0 Å². The molecule has 1 atom stereocenters. The van der Waals surface area contributed by atoms with Crippen molar-refractivity contribution in [1.29, 1.82) is 0 Å². The highest BCUT2D eigenvalue weighted by atomic mass is 31.2. The van der Waals surface area contributed by atoms with Gasteiger partial charge in [0.2, 0.25) is 0 Å². The number of hydrogen-bond acceptors (Lipinski definition) is 4. The number of unbranched alkanes of at least 4 members (excludes halogenated alkanes) is 15. The van der Waals surface area contributed by atoms with Crippen LogP contribution in [0.2, 0.25) is 0 Å². The summed E-state index contributed by atoms with van der Waals surface area (Å²) >= 11 is 0. The van der Waals surface area contributed by atoms with Gasteiger partial charge in [0.15, 0.2) is 0 Å². The molecule has 0 amide bonds. The van der Waals surface area contributed by atoms with Crippen molar-refractivity contribution in [3.05, 3.63) is 29.8 Å². The Kier molecular flexibility index (Phi) is 20.5. The largest absolute Gasteiger partial charge is 0.527 e. The topological polar surface area (TPSA) is 67.8 Å². The second kappa shape index (κ2) is 22.3. The predicted octanol–water partition coefficient (Wildman–Crippen LogP) is 8.99. The first-order valence-corrected chi connectivity index (χ1v) is 16.0. The van der Waals surface area contributed by atoms with Gasteiger partial charge < -0.3 is 9.84 Å². The summed E-state index contributed by atoms with van der Waals surface area (Å²) in [5.41, 5.74) is 1.23. The SMILES string of the molecule is CCCCCCCCCCCCNCCOP(=O)(O)Oc1ccc(CCCCCCCCC)cc1. The number of aryl methyl sites for hydroxylation is 1. The molecule has 0 aliphatic carbocycles. The van der Waals surface area contributed by atoms with E-state index in [1.165, 1.54) is 108 Å². The van der Waals surface area contributed by atoms with E-state index in [2.05, 4.69) is 19.2 Å². The van der Waals surface area contributed by atoms with Gasteiger partial charge in [0.25, 0.3) is 0 Å². The monoisotopic (exact) mass is 511 g/mol. The van der Waals surface area contributed by atoms with E-state index >= 15 is 0 Å². The van der Waals surface area contributed by atoms with E-state index in [1.807, 2.05) is 12.1 Å². The fourth-order valence-electron chi connectivity index (χ4n) is 4.26. The van der Waals surface area contributed by atoms with Crippen molar-refractivity contribution in [3.8, 4) is 5.75 Å². The molecule has 6 heteroatoms. The maximum atomic E-state index is 12.2. The van der Waals surface area contributed by atoms with E-state index in [-0.39, 0.29) is 6.61 Å². The third kappa shape index (κ3) is 19.9. The predicted molar refractivity (Wildman–Crippen MR) is 149 cm³/mol. The molecule has 0 spiro atoms. The summed E-state index contributed by atoms with van der Waals surface area (Å²) in [7, 11) is -4.09. The van der Waals surface area contributed by atoms with Crippen LogP contribution in [0.5, 0.6) is 5.75 Å². The van der Waals surface area contributed by atoms with Gasteiger partial charge in [-0.25, -0.2) is 4.57 Å². The molecule has 0 saturated carbocycles. The Morgan fingerprint density at radius 3 is 1.71 bits per heavy atom.